The molecule has 1 aliphatic rings. The molecule has 1 amide bonds. The van der Waals surface area contributed by atoms with E-state index in [0.717, 1.165) is 11.1 Å². The fourth-order valence-electron chi connectivity index (χ4n) is 3.58. The molecule has 1 atom stereocenters. The van der Waals surface area contributed by atoms with Crippen molar-refractivity contribution in [3.8, 4) is 0 Å². The fourth-order valence-corrected chi connectivity index (χ4v) is 3.58. The van der Waals surface area contributed by atoms with E-state index < -0.39 is 6.04 Å². The first-order valence-electron chi connectivity index (χ1n) is 9.07. The highest BCUT2D eigenvalue weighted by Crippen LogP contribution is 2.31. The smallest absolute Gasteiger partial charge is 0.321 e. The third-order valence-electron chi connectivity index (χ3n) is 4.96. The second-order valence-corrected chi connectivity index (χ2v) is 6.59. The molecule has 0 fully saturated rings. The maximum atomic E-state index is 13.3. The van der Waals surface area contributed by atoms with Gasteiger partial charge in [0.05, 0.1) is 0 Å². The number of hydrogen-bond donors (Lipinski definition) is 0. The van der Waals surface area contributed by atoms with Crippen LogP contribution in [0.4, 0.5) is 0 Å². The van der Waals surface area contributed by atoms with Crippen LogP contribution in [0.25, 0.3) is 0 Å². The molecule has 4 rings (SSSR count). The second-order valence-electron chi connectivity index (χ2n) is 6.59. The lowest BCUT2D eigenvalue weighted by molar-refractivity contribution is 0.0650. The van der Waals surface area contributed by atoms with Gasteiger partial charge < -0.3 is 4.90 Å². The summed E-state index contributed by atoms with van der Waals surface area (Å²) in [6.45, 7) is 5.11. The Kier molecular flexibility index (Phi) is 4.35. The summed E-state index contributed by atoms with van der Waals surface area (Å²) in [6, 6.07) is 13.0. The third-order valence-corrected chi connectivity index (χ3v) is 4.96. The van der Waals surface area contributed by atoms with Gasteiger partial charge in [0.1, 0.15) is 11.7 Å². The van der Waals surface area contributed by atoms with Gasteiger partial charge in [-0.3, -0.25) is 14.3 Å². The first-order valence-corrected chi connectivity index (χ1v) is 9.07. The topological polar surface area (TPSA) is 73.0 Å². The van der Waals surface area contributed by atoms with E-state index in [0.29, 0.717) is 31.2 Å². The number of hydrogen-bond acceptors (Lipinski definition) is 4. The molecule has 1 aromatic carbocycles. The molecule has 0 spiro atoms. The van der Waals surface area contributed by atoms with Crippen LogP contribution in [0.1, 0.15) is 40.4 Å². The second kappa shape index (κ2) is 6.83. The van der Waals surface area contributed by atoms with Crippen LogP contribution < -0.4 is 5.69 Å². The molecule has 0 aliphatic carbocycles. The number of carbonyl (C=O) groups excluding carboxylic acids is 1. The zero-order valence-electron chi connectivity index (χ0n) is 15.4. The largest absolute Gasteiger partial charge is 0.346 e. The maximum Gasteiger partial charge on any atom is 0.346 e. The van der Waals surface area contributed by atoms with Gasteiger partial charge in [-0.2, -0.15) is 5.10 Å². The number of rotatable bonds is 3. The molecule has 7 heteroatoms. The zero-order chi connectivity index (χ0) is 19.0. The number of nitrogens with zero attached hydrogens (tertiary/aromatic N) is 5. The highest BCUT2D eigenvalue weighted by molar-refractivity contribution is 5.94. The van der Waals surface area contributed by atoms with E-state index in [1.165, 1.54) is 4.68 Å². The molecular weight excluding hydrogens is 342 g/mol. The number of pyridine rings is 1. The molecule has 27 heavy (non-hydrogen) atoms. The minimum Gasteiger partial charge on any atom is -0.321 e. The summed E-state index contributed by atoms with van der Waals surface area (Å²) in [7, 11) is 0. The van der Waals surface area contributed by atoms with Gasteiger partial charge in [0.15, 0.2) is 5.82 Å². The van der Waals surface area contributed by atoms with Crippen molar-refractivity contribution in [3.63, 3.8) is 0 Å². The fraction of sp³-hybridized carbons (Fsp3) is 0.300. The molecule has 0 N–H and O–H groups in total. The van der Waals surface area contributed by atoms with E-state index >= 15 is 0 Å². The molecule has 0 saturated carbocycles. The van der Waals surface area contributed by atoms with Crippen molar-refractivity contribution in [2.75, 3.05) is 6.54 Å². The first-order chi connectivity index (χ1) is 13.1. The van der Waals surface area contributed by atoms with Crippen molar-refractivity contribution in [1.82, 2.24) is 24.2 Å². The predicted octanol–water partition coefficient (Wildman–Crippen LogP) is 2.01. The summed E-state index contributed by atoms with van der Waals surface area (Å²) in [6.07, 6.45) is 1.63. The molecule has 2 aromatic heterocycles. The molecule has 3 heterocycles. The van der Waals surface area contributed by atoms with Crippen LogP contribution in [-0.2, 0) is 13.1 Å². The standard InChI is InChI=1S/C20H21N5O2/c1-3-25-20(27)24-13-12-23(19(26)16-14(2)8-7-11-21-16)17(18(24)22-25)15-9-5-4-6-10-15/h4-11,17H,3,12-13H2,1-2H3. The van der Waals surface area contributed by atoms with Gasteiger partial charge in [0.25, 0.3) is 5.91 Å². The average Bonchev–Trinajstić information content (AvgIpc) is 3.03. The Balaban J connectivity index is 1.85. The highest BCUT2D eigenvalue weighted by Gasteiger charge is 2.36. The van der Waals surface area contributed by atoms with Gasteiger partial charge >= 0.3 is 5.69 Å². The Labute approximate surface area is 156 Å². The van der Waals surface area contributed by atoms with Crippen molar-refractivity contribution in [3.05, 3.63) is 81.8 Å². The molecule has 1 unspecified atom stereocenters. The van der Waals surface area contributed by atoms with Crippen LogP contribution in [0, 0.1) is 6.92 Å². The number of benzene rings is 1. The Hall–Kier alpha value is -3.22. The zero-order valence-corrected chi connectivity index (χ0v) is 15.4. The van der Waals surface area contributed by atoms with E-state index in [9.17, 15) is 9.59 Å². The molecule has 0 bridgehead atoms. The molecule has 7 nitrogen and oxygen atoms in total. The Bertz CT molecular complexity index is 1040. The van der Waals surface area contributed by atoms with E-state index in [4.69, 9.17) is 0 Å². The highest BCUT2D eigenvalue weighted by atomic mass is 16.2. The third kappa shape index (κ3) is 2.85. The lowest BCUT2D eigenvalue weighted by Crippen LogP contribution is -2.45. The molecule has 138 valence electrons. The van der Waals surface area contributed by atoms with Gasteiger partial charge in [-0.25, -0.2) is 9.48 Å². The molecule has 3 aromatic rings. The van der Waals surface area contributed by atoms with Crippen LogP contribution >= 0.6 is 0 Å². The molecule has 0 saturated heterocycles. The van der Waals surface area contributed by atoms with Gasteiger partial charge in [0.2, 0.25) is 0 Å². The summed E-state index contributed by atoms with van der Waals surface area (Å²) in [5.74, 6) is 0.452. The minimum atomic E-state index is -0.422. The van der Waals surface area contributed by atoms with Crippen LogP contribution in [0.3, 0.4) is 0 Å². The number of amides is 1. The van der Waals surface area contributed by atoms with Crippen LogP contribution in [0.2, 0.25) is 0 Å². The Morgan fingerprint density at radius 1 is 1.15 bits per heavy atom. The van der Waals surface area contributed by atoms with Gasteiger partial charge in [-0.1, -0.05) is 36.4 Å². The summed E-state index contributed by atoms with van der Waals surface area (Å²) in [4.78, 5) is 31.9. The minimum absolute atomic E-state index is 0.130. The molecular formula is C20H21N5O2. The van der Waals surface area contributed by atoms with Crippen LogP contribution in [-0.4, -0.2) is 36.7 Å². The van der Waals surface area contributed by atoms with Crippen LogP contribution in [0.15, 0.2) is 53.5 Å². The quantitative estimate of drug-likeness (QED) is 0.714. The maximum absolute atomic E-state index is 13.3. The van der Waals surface area contributed by atoms with Crippen LogP contribution in [0.5, 0.6) is 0 Å². The summed E-state index contributed by atoms with van der Waals surface area (Å²) >= 11 is 0. The van der Waals surface area contributed by atoms with E-state index in [1.807, 2.05) is 56.3 Å². The lowest BCUT2D eigenvalue weighted by atomic mass is 10.0. The number of carbonyl (C=O) groups is 1. The molecule has 1 aliphatic heterocycles. The van der Waals surface area contributed by atoms with Crippen molar-refractivity contribution in [2.45, 2.75) is 33.0 Å². The van der Waals surface area contributed by atoms with Gasteiger partial charge in [0, 0.05) is 25.8 Å². The van der Waals surface area contributed by atoms with E-state index in [-0.39, 0.29) is 11.6 Å². The lowest BCUT2D eigenvalue weighted by Gasteiger charge is -2.35. The average molecular weight is 363 g/mol. The Morgan fingerprint density at radius 3 is 2.63 bits per heavy atom. The molecule has 0 radical (unpaired) electrons. The normalized spacial score (nSPS) is 16.2. The SMILES string of the molecule is CCn1nc2n(c1=O)CCN(C(=O)c1ncccc1C)C2c1ccccc1. The van der Waals surface area contributed by atoms with Crippen molar-refractivity contribution < 1.29 is 4.79 Å². The number of aromatic nitrogens is 4. The monoisotopic (exact) mass is 363 g/mol. The van der Waals surface area contributed by atoms with Crippen molar-refractivity contribution >= 4 is 5.91 Å². The summed E-state index contributed by atoms with van der Waals surface area (Å²) in [5.41, 5.74) is 2.06. The van der Waals surface area contributed by atoms with E-state index in [1.54, 1.807) is 15.7 Å². The summed E-state index contributed by atoms with van der Waals surface area (Å²) in [5, 5.41) is 4.53. The predicted molar refractivity (Wildman–Crippen MR) is 100 cm³/mol. The van der Waals surface area contributed by atoms with Crippen molar-refractivity contribution in [1.29, 1.82) is 0 Å². The van der Waals surface area contributed by atoms with Crippen molar-refractivity contribution in [2.24, 2.45) is 0 Å². The first kappa shape index (κ1) is 17.2. The Morgan fingerprint density at radius 2 is 1.93 bits per heavy atom. The van der Waals surface area contributed by atoms with Gasteiger partial charge in [-0.15, -0.1) is 0 Å². The number of fused-ring (bicyclic) bond motifs is 1. The number of aryl methyl sites for hydroxylation is 2. The van der Waals surface area contributed by atoms with Gasteiger partial charge in [-0.05, 0) is 31.0 Å². The van der Waals surface area contributed by atoms with E-state index in [2.05, 4.69) is 10.1 Å². The summed E-state index contributed by atoms with van der Waals surface area (Å²) < 4.78 is 3.13.